The van der Waals surface area contributed by atoms with E-state index in [0.717, 1.165) is 11.4 Å². The number of methoxy groups -OCH3 is 1. The van der Waals surface area contributed by atoms with Crippen LogP contribution in [0.5, 0.6) is 5.75 Å². The van der Waals surface area contributed by atoms with E-state index in [9.17, 15) is 13.2 Å². The molecule has 1 aromatic carbocycles. The molecule has 0 aliphatic carbocycles. The summed E-state index contributed by atoms with van der Waals surface area (Å²) in [5, 5.41) is 5.92. The van der Waals surface area contributed by atoms with Crippen LogP contribution in [0.25, 0.3) is 0 Å². The van der Waals surface area contributed by atoms with Gasteiger partial charge in [0.15, 0.2) is 9.84 Å². The molecule has 1 unspecified atom stereocenters. The third-order valence-corrected chi connectivity index (χ3v) is 5.71. The van der Waals surface area contributed by atoms with Crippen molar-refractivity contribution in [2.45, 2.75) is 12.5 Å². The Bertz CT molecular complexity index is 866. The van der Waals surface area contributed by atoms with Gasteiger partial charge in [-0.25, -0.2) is 8.42 Å². The molecule has 0 bridgehead atoms. The maximum Gasteiger partial charge on any atom is 0.253 e. The fourth-order valence-corrected chi connectivity index (χ4v) is 4.32. The number of benzene rings is 1. The lowest BCUT2D eigenvalue weighted by molar-refractivity contribution is 0.0941. The van der Waals surface area contributed by atoms with E-state index in [0.29, 0.717) is 17.7 Å². The summed E-state index contributed by atoms with van der Waals surface area (Å²) in [5.74, 6) is 0.543. The first-order valence-corrected chi connectivity index (χ1v) is 9.65. The molecule has 0 spiro atoms. The lowest BCUT2D eigenvalue weighted by atomic mass is 10.2. The SMILES string of the molecule is COc1ccc(Nc2cncc(C(=O)NC3CCS(=O)(=O)C3)c2)cc1. The van der Waals surface area contributed by atoms with Crippen molar-refractivity contribution in [3.63, 3.8) is 0 Å². The van der Waals surface area contributed by atoms with Crippen molar-refractivity contribution < 1.29 is 17.9 Å². The number of hydrogen-bond acceptors (Lipinski definition) is 6. The van der Waals surface area contributed by atoms with Gasteiger partial charge in [0.2, 0.25) is 0 Å². The number of anilines is 2. The van der Waals surface area contributed by atoms with Crippen molar-refractivity contribution in [3.05, 3.63) is 48.3 Å². The van der Waals surface area contributed by atoms with Gasteiger partial charge in [0.1, 0.15) is 5.75 Å². The topological polar surface area (TPSA) is 97.4 Å². The second-order valence-corrected chi connectivity index (χ2v) is 8.12. The molecule has 0 radical (unpaired) electrons. The number of hydrogen-bond donors (Lipinski definition) is 2. The number of rotatable bonds is 5. The van der Waals surface area contributed by atoms with Crippen molar-refractivity contribution in [1.82, 2.24) is 10.3 Å². The number of pyridine rings is 1. The highest BCUT2D eigenvalue weighted by Crippen LogP contribution is 2.20. The minimum absolute atomic E-state index is 0.00401. The quantitative estimate of drug-likeness (QED) is 0.842. The highest BCUT2D eigenvalue weighted by Gasteiger charge is 2.29. The van der Waals surface area contributed by atoms with Gasteiger partial charge in [-0.2, -0.15) is 0 Å². The fraction of sp³-hybridized carbons (Fsp3) is 0.294. The van der Waals surface area contributed by atoms with E-state index in [1.807, 2.05) is 24.3 Å². The first kappa shape index (κ1) is 17.2. The van der Waals surface area contributed by atoms with Gasteiger partial charge in [0, 0.05) is 17.9 Å². The van der Waals surface area contributed by atoms with Crippen molar-refractivity contribution in [2.75, 3.05) is 23.9 Å². The van der Waals surface area contributed by atoms with Crippen LogP contribution in [0.3, 0.4) is 0 Å². The first-order valence-electron chi connectivity index (χ1n) is 7.82. The number of carbonyl (C=O) groups is 1. The van der Waals surface area contributed by atoms with Crippen LogP contribution in [-0.2, 0) is 9.84 Å². The molecule has 1 amide bonds. The maximum atomic E-state index is 12.3. The average Bonchev–Trinajstić information content (AvgIpc) is 2.94. The van der Waals surface area contributed by atoms with Gasteiger partial charge in [0.05, 0.1) is 36.1 Å². The van der Waals surface area contributed by atoms with Crippen LogP contribution in [0.1, 0.15) is 16.8 Å². The molecule has 1 aliphatic rings. The van der Waals surface area contributed by atoms with E-state index < -0.39 is 9.84 Å². The highest BCUT2D eigenvalue weighted by atomic mass is 32.2. The Balaban J connectivity index is 1.67. The van der Waals surface area contributed by atoms with Crippen molar-refractivity contribution in [1.29, 1.82) is 0 Å². The van der Waals surface area contributed by atoms with Gasteiger partial charge < -0.3 is 15.4 Å². The maximum absolute atomic E-state index is 12.3. The Morgan fingerprint density at radius 2 is 1.96 bits per heavy atom. The van der Waals surface area contributed by atoms with Gasteiger partial charge >= 0.3 is 0 Å². The van der Waals surface area contributed by atoms with Crippen LogP contribution in [0.2, 0.25) is 0 Å². The van der Waals surface area contributed by atoms with Crippen molar-refractivity contribution >= 4 is 27.1 Å². The molecule has 1 saturated heterocycles. The van der Waals surface area contributed by atoms with Crippen LogP contribution in [0, 0.1) is 0 Å². The highest BCUT2D eigenvalue weighted by molar-refractivity contribution is 7.91. The molecular formula is C17H19N3O4S. The number of ether oxygens (including phenoxy) is 1. The van der Waals surface area contributed by atoms with Crippen molar-refractivity contribution in [3.8, 4) is 5.75 Å². The average molecular weight is 361 g/mol. The second-order valence-electron chi connectivity index (χ2n) is 5.89. The van der Waals surface area contributed by atoms with E-state index in [1.165, 1.54) is 6.20 Å². The summed E-state index contributed by atoms with van der Waals surface area (Å²) >= 11 is 0. The molecule has 1 aromatic heterocycles. The van der Waals surface area contributed by atoms with Gasteiger partial charge in [-0.3, -0.25) is 9.78 Å². The van der Waals surface area contributed by atoms with Crippen LogP contribution in [-0.4, -0.2) is 44.0 Å². The fourth-order valence-electron chi connectivity index (χ4n) is 2.65. The second kappa shape index (κ2) is 7.10. The molecule has 1 fully saturated rings. The Morgan fingerprint density at radius 1 is 1.20 bits per heavy atom. The van der Waals surface area contributed by atoms with E-state index in [4.69, 9.17) is 4.74 Å². The minimum atomic E-state index is -3.03. The lowest BCUT2D eigenvalue weighted by Crippen LogP contribution is -2.35. The van der Waals surface area contributed by atoms with Crippen LogP contribution < -0.4 is 15.4 Å². The van der Waals surface area contributed by atoms with Crippen LogP contribution in [0.15, 0.2) is 42.7 Å². The van der Waals surface area contributed by atoms with Gasteiger partial charge in [-0.05, 0) is 36.8 Å². The summed E-state index contributed by atoms with van der Waals surface area (Å²) in [6, 6.07) is 8.70. The molecule has 0 saturated carbocycles. The van der Waals surface area contributed by atoms with Crippen LogP contribution >= 0.6 is 0 Å². The summed E-state index contributed by atoms with van der Waals surface area (Å²) in [4.78, 5) is 16.4. The van der Waals surface area contributed by atoms with E-state index in [1.54, 1.807) is 19.4 Å². The Hall–Kier alpha value is -2.61. The molecule has 25 heavy (non-hydrogen) atoms. The number of carbonyl (C=O) groups excluding carboxylic acids is 1. The normalized spacial score (nSPS) is 18.5. The Kier molecular flexibility index (Phi) is 4.89. The zero-order chi connectivity index (χ0) is 17.9. The summed E-state index contributed by atoms with van der Waals surface area (Å²) in [5.41, 5.74) is 1.88. The number of amides is 1. The summed E-state index contributed by atoms with van der Waals surface area (Å²) in [7, 11) is -1.43. The number of nitrogens with zero attached hydrogens (tertiary/aromatic N) is 1. The minimum Gasteiger partial charge on any atom is -0.497 e. The molecule has 1 aliphatic heterocycles. The summed E-state index contributed by atoms with van der Waals surface area (Å²) in [6.07, 6.45) is 3.52. The third-order valence-electron chi connectivity index (χ3n) is 3.95. The van der Waals surface area contributed by atoms with Crippen molar-refractivity contribution in [2.24, 2.45) is 0 Å². The van der Waals surface area contributed by atoms with Gasteiger partial charge in [0.25, 0.3) is 5.91 Å². The van der Waals surface area contributed by atoms with E-state index in [-0.39, 0.29) is 23.5 Å². The van der Waals surface area contributed by atoms with E-state index in [2.05, 4.69) is 15.6 Å². The molecule has 2 N–H and O–H groups in total. The summed E-state index contributed by atoms with van der Waals surface area (Å²) in [6.45, 7) is 0. The van der Waals surface area contributed by atoms with Gasteiger partial charge in [-0.1, -0.05) is 0 Å². The third kappa shape index (κ3) is 4.48. The molecule has 8 heteroatoms. The van der Waals surface area contributed by atoms with Gasteiger partial charge in [-0.15, -0.1) is 0 Å². The zero-order valence-corrected chi connectivity index (χ0v) is 14.5. The molecule has 3 rings (SSSR count). The predicted octanol–water partition coefficient (Wildman–Crippen LogP) is 1.75. The molecule has 2 aromatic rings. The Labute approximate surface area is 146 Å². The molecule has 7 nitrogen and oxygen atoms in total. The monoisotopic (exact) mass is 361 g/mol. The lowest BCUT2D eigenvalue weighted by Gasteiger charge is -2.12. The largest absolute Gasteiger partial charge is 0.497 e. The van der Waals surface area contributed by atoms with Crippen LogP contribution in [0.4, 0.5) is 11.4 Å². The smallest absolute Gasteiger partial charge is 0.253 e. The van der Waals surface area contributed by atoms with E-state index >= 15 is 0 Å². The summed E-state index contributed by atoms with van der Waals surface area (Å²) < 4.78 is 28.1. The zero-order valence-electron chi connectivity index (χ0n) is 13.7. The first-order chi connectivity index (χ1) is 11.9. The number of aromatic nitrogens is 1. The molecule has 132 valence electrons. The molecular weight excluding hydrogens is 342 g/mol. The molecule has 2 heterocycles. The number of nitrogens with one attached hydrogen (secondary N) is 2. The standard InChI is InChI=1S/C17H19N3O4S/c1-24-16-4-2-13(3-5-16)19-15-8-12(9-18-10-15)17(21)20-14-6-7-25(22,23)11-14/h2-5,8-10,14,19H,6-7,11H2,1H3,(H,20,21). The predicted molar refractivity (Wildman–Crippen MR) is 95.0 cm³/mol. The Morgan fingerprint density at radius 3 is 2.60 bits per heavy atom. The number of sulfone groups is 1. The molecule has 1 atom stereocenters.